The number of carbonyl (C=O) groups excluding carboxylic acids is 1. The van der Waals surface area contributed by atoms with E-state index in [4.69, 9.17) is 0 Å². The first-order valence-corrected chi connectivity index (χ1v) is 7.91. The van der Waals surface area contributed by atoms with Crippen LogP contribution in [0.2, 0.25) is 0 Å². The van der Waals surface area contributed by atoms with E-state index < -0.39 is 0 Å². The molecule has 1 fully saturated rings. The monoisotopic (exact) mass is 311 g/mol. The van der Waals surface area contributed by atoms with Crippen molar-refractivity contribution in [1.82, 2.24) is 15.0 Å². The van der Waals surface area contributed by atoms with E-state index in [-0.39, 0.29) is 11.8 Å². The van der Waals surface area contributed by atoms with E-state index in [9.17, 15) is 4.79 Å². The molecule has 0 aromatic carbocycles. The van der Waals surface area contributed by atoms with Gasteiger partial charge >= 0.3 is 0 Å². The van der Waals surface area contributed by atoms with Gasteiger partial charge < -0.3 is 10.2 Å². The van der Waals surface area contributed by atoms with Gasteiger partial charge in [-0.05, 0) is 44.9 Å². The van der Waals surface area contributed by atoms with Crippen LogP contribution >= 0.6 is 0 Å². The molecular weight excluding hydrogens is 290 g/mol. The van der Waals surface area contributed by atoms with Gasteiger partial charge in [0.05, 0.1) is 5.92 Å². The predicted molar refractivity (Wildman–Crippen MR) is 89.3 cm³/mol. The minimum atomic E-state index is -0.0739. The summed E-state index contributed by atoms with van der Waals surface area (Å²) >= 11 is 0. The molecule has 2 aromatic heterocycles. The number of piperidine rings is 1. The van der Waals surface area contributed by atoms with Crippen molar-refractivity contribution in [2.24, 2.45) is 5.92 Å². The lowest BCUT2D eigenvalue weighted by Gasteiger charge is -2.32. The largest absolute Gasteiger partial charge is 0.340 e. The number of anilines is 2. The molecule has 0 unspecified atom stereocenters. The third kappa shape index (κ3) is 3.83. The highest BCUT2D eigenvalue weighted by molar-refractivity contribution is 5.92. The Morgan fingerprint density at radius 3 is 2.74 bits per heavy atom. The molecule has 120 valence electrons. The van der Waals surface area contributed by atoms with Crippen molar-refractivity contribution in [1.29, 1.82) is 0 Å². The summed E-state index contributed by atoms with van der Waals surface area (Å²) in [5, 5.41) is 2.89. The van der Waals surface area contributed by atoms with Crippen LogP contribution in [0, 0.1) is 19.8 Å². The summed E-state index contributed by atoms with van der Waals surface area (Å²) in [6, 6.07) is 7.44. The van der Waals surface area contributed by atoms with E-state index in [0.717, 1.165) is 36.7 Å². The average Bonchev–Trinajstić information content (AvgIpc) is 2.55. The van der Waals surface area contributed by atoms with Crippen molar-refractivity contribution >= 4 is 17.7 Å². The number of amides is 1. The van der Waals surface area contributed by atoms with Crippen LogP contribution in [-0.2, 0) is 4.79 Å². The molecule has 6 heteroatoms. The van der Waals surface area contributed by atoms with E-state index >= 15 is 0 Å². The topological polar surface area (TPSA) is 71.0 Å². The van der Waals surface area contributed by atoms with Gasteiger partial charge in [0.2, 0.25) is 11.9 Å². The number of hydrogen-bond donors (Lipinski definition) is 1. The molecule has 1 amide bonds. The maximum absolute atomic E-state index is 12.5. The molecule has 0 saturated carbocycles. The van der Waals surface area contributed by atoms with Gasteiger partial charge in [-0.25, -0.2) is 15.0 Å². The molecule has 23 heavy (non-hydrogen) atoms. The lowest BCUT2D eigenvalue weighted by atomic mass is 9.97. The molecule has 6 nitrogen and oxygen atoms in total. The Bertz CT molecular complexity index is 668. The van der Waals surface area contributed by atoms with Gasteiger partial charge in [0.1, 0.15) is 5.82 Å². The first-order valence-electron chi connectivity index (χ1n) is 7.91. The summed E-state index contributed by atoms with van der Waals surface area (Å²) in [5.74, 6) is 1.25. The minimum Gasteiger partial charge on any atom is -0.340 e. The number of aromatic nitrogens is 3. The fourth-order valence-corrected chi connectivity index (χ4v) is 2.89. The molecule has 3 heterocycles. The normalized spacial score (nSPS) is 17.8. The van der Waals surface area contributed by atoms with Crippen molar-refractivity contribution in [3.05, 3.63) is 41.9 Å². The molecule has 0 bridgehead atoms. The van der Waals surface area contributed by atoms with Gasteiger partial charge in [-0.2, -0.15) is 0 Å². The van der Waals surface area contributed by atoms with Gasteiger partial charge in [0.25, 0.3) is 0 Å². The average molecular weight is 311 g/mol. The number of hydrogen-bond acceptors (Lipinski definition) is 5. The predicted octanol–water partition coefficient (Wildman–Crippen LogP) is 2.34. The fraction of sp³-hybridized carbons (Fsp3) is 0.412. The Kier molecular flexibility index (Phi) is 4.50. The van der Waals surface area contributed by atoms with Crippen molar-refractivity contribution in [3.63, 3.8) is 0 Å². The highest BCUT2D eigenvalue weighted by atomic mass is 16.2. The van der Waals surface area contributed by atoms with Crippen LogP contribution in [0.4, 0.5) is 11.8 Å². The van der Waals surface area contributed by atoms with Crippen LogP contribution in [0.25, 0.3) is 0 Å². The van der Waals surface area contributed by atoms with Crippen LogP contribution in [0.1, 0.15) is 24.2 Å². The number of rotatable bonds is 3. The molecule has 0 radical (unpaired) electrons. The quantitative estimate of drug-likeness (QED) is 0.942. The SMILES string of the molecule is Cc1cc(C)nc(N2CCC[C@@H](C(=O)Nc3ccccn3)C2)n1. The fourth-order valence-electron chi connectivity index (χ4n) is 2.89. The lowest BCUT2D eigenvalue weighted by Crippen LogP contribution is -2.41. The second-order valence-electron chi connectivity index (χ2n) is 5.94. The molecular formula is C17H21N5O. The Balaban J connectivity index is 1.69. The Labute approximate surface area is 136 Å². The standard InChI is InChI=1S/C17H21N5O/c1-12-10-13(2)20-17(19-12)22-9-5-6-14(11-22)16(23)21-15-7-3-4-8-18-15/h3-4,7-8,10,14H,5-6,9,11H2,1-2H3,(H,18,21,23)/t14-/m1/s1. The molecule has 0 spiro atoms. The summed E-state index contributed by atoms with van der Waals surface area (Å²) < 4.78 is 0. The molecule has 0 aliphatic carbocycles. The summed E-state index contributed by atoms with van der Waals surface area (Å²) in [7, 11) is 0. The first kappa shape index (κ1) is 15.4. The second-order valence-corrected chi connectivity index (χ2v) is 5.94. The number of nitrogens with zero attached hydrogens (tertiary/aromatic N) is 4. The first-order chi connectivity index (χ1) is 11.1. The van der Waals surface area contributed by atoms with Crippen molar-refractivity contribution in [2.75, 3.05) is 23.3 Å². The highest BCUT2D eigenvalue weighted by Crippen LogP contribution is 2.22. The van der Waals surface area contributed by atoms with Crippen LogP contribution in [0.3, 0.4) is 0 Å². The maximum Gasteiger partial charge on any atom is 0.230 e. The van der Waals surface area contributed by atoms with Gasteiger partial charge in [0, 0.05) is 30.7 Å². The second kappa shape index (κ2) is 6.73. The number of carbonyl (C=O) groups is 1. The Hall–Kier alpha value is -2.50. The van der Waals surface area contributed by atoms with E-state index in [1.165, 1.54) is 0 Å². The summed E-state index contributed by atoms with van der Waals surface area (Å²) in [6.45, 7) is 5.46. The van der Waals surface area contributed by atoms with E-state index in [0.29, 0.717) is 12.4 Å². The zero-order valence-corrected chi connectivity index (χ0v) is 13.5. The van der Waals surface area contributed by atoms with Crippen LogP contribution in [0.15, 0.2) is 30.5 Å². The van der Waals surface area contributed by atoms with Crippen LogP contribution in [0.5, 0.6) is 0 Å². The molecule has 1 saturated heterocycles. The lowest BCUT2D eigenvalue weighted by molar-refractivity contribution is -0.120. The van der Waals surface area contributed by atoms with Crippen molar-refractivity contribution in [3.8, 4) is 0 Å². The Morgan fingerprint density at radius 1 is 1.26 bits per heavy atom. The molecule has 1 atom stereocenters. The van der Waals surface area contributed by atoms with Crippen LogP contribution in [-0.4, -0.2) is 33.9 Å². The van der Waals surface area contributed by atoms with Crippen LogP contribution < -0.4 is 10.2 Å². The zero-order valence-electron chi connectivity index (χ0n) is 13.5. The summed E-state index contributed by atoms with van der Waals surface area (Å²) in [5.41, 5.74) is 1.90. The summed E-state index contributed by atoms with van der Waals surface area (Å²) in [6.07, 6.45) is 3.50. The summed E-state index contributed by atoms with van der Waals surface area (Å²) in [4.78, 5) is 27.7. The molecule has 2 aromatic rings. The molecule has 1 aliphatic heterocycles. The van der Waals surface area contributed by atoms with Gasteiger partial charge in [-0.15, -0.1) is 0 Å². The Morgan fingerprint density at radius 2 is 2.04 bits per heavy atom. The third-order valence-electron chi connectivity index (χ3n) is 3.96. The molecule has 1 N–H and O–H groups in total. The van der Waals surface area contributed by atoms with Crippen molar-refractivity contribution in [2.45, 2.75) is 26.7 Å². The van der Waals surface area contributed by atoms with Gasteiger partial charge in [-0.3, -0.25) is 4.79 Å². The van der Waals surface area contributed by atoms with Gasteiger partial charge in [0.15, 0.2) is 0 Å². The number of pyridine rings is 1. The van der Waals surface area contributed by atoms with E-state index in [1.54, 1.807) is 12.3 Å². The highest BCUT2D eigenvalue weighted by Gasteiger charge is 2.27. The van der Waals surface area contributed by atoms with Crippen molar-refractivity contribution < 1.29 is 4.79 Å². The van der Waals surface area contributed by atoms with E-state index in [2.05, 4.69) is 25.2 Å². The van der Waals surface area contributed by atoms with Gasteiger partial charge in [-0.1, -0.05) is 6.07 Å². The van der Waals surface area contributed by atoms with E-state index in [1.807, 2.05) is 32.0 Å². The minimum absolute atomic E-state index is 0.0118. The molecule has 1 aliphatic rings. The third-order valence-corrected chi connectivity index (χ3v) is 3.96. The number of nitrogens with one attached hydrogen (secondary N) is 1. The maximum atomic E-state index is 12.5. The zero-order chi connectivity index (χ0) is 16.2. The smallest absolute Gasteiger partial charge is 0.230 e. The molecule has 3 rings (SSSR count). The number of aryl methyl sites for hydroxylation is 2.